The van der Waals surface area contributed by atoms with Crippen LogP contribution >= 0.6 is 23.4 Å². The van der Waals surface area contributed by atoms with Gasteiger partial charge in [0.15, 0.2) is 0 Å². The van der Waals surface area contributed by atoms with Crippen LogP contribution in [0.1, 0.15) is 56.0 Å². The van der Waals surface area contributed by atoms with E-state index in [1.54, 1.807) is 30.3 Å². The van der Waals surface area contributed by atoms with E-state index >= 15 is 0 Å². The van der Waals surface area contributed by atoms with Gasteiger partial charge in [-0.2, -0.15) is 0 Å². The van der Waals surface area contributed by atoms with Crippen molar-refractivity contribution in [2.45, 2.75) is 46.1 Å². The zero-order valence-corrected chi connectivity index (χ0v) is 22.5. The molecule has 37 heavy (non-hydrogen) atoms. The number of amides is 3. The summed E-state index contributed by atoms with van der Waals surface area (Å²) in [5.41, 5.74) is 1.13. The first-order valence-electron chi connectivity index (χ1n) is 12.0. The maximum Gasteiger partial charge on any atom is 0.339 e. The molecule has 1 saturated heterocycles. The number of anilines is 1. The molecule has 0 unspecified atom stereocenters. The van der Waals surface area contributed by atoms with Gasteiger partial charge in [0.1, 0.15) is 12.3 Å². The molecule has 8 nitrogen and oxygen atoms in total. The average molecular weight is 545 g/mol. The lowest BCUT2D eigenvalue weighted by atomic mass is 10.2. The Hall–Kier alpha value is -3.30. The highest BCUT2D eigenvalue weighted by Gasteiger charge is 2.36. The van der Waals surface area contributed by atoms with E-state index in [0.717, 1.165) is 47.2 Å². The standard InChI is InChI=1S/C27H29ClN2O6S/c1-4-6-13-35-26(33)21-15-19(9-12-22(21)28)29-24(31)16-30-25(32)23(37-27(30)34)14-18-7-10-20(11-8-18)36-17(3)5-2/h7-12,14-15,17H,4-6,13,16H2,1-3H3,(H,29,31)/b23-14-/t17-/m1/s1. The highest BCUT2D eigenvalue weighted by Crippen LogP contribution is 2.32. The molecule has 1 heterocycles. The van der Waals surface area contributed by atoms with Crippen LogP contribution in [0.2, 0.25) is 5.02 Å². The number of unbranched alkanes of at least 4 members (excludes halogenated alkanes) is 1. The summed E-state index contributed by atoms with van der Waals surface area (Å²) in [5.74, 6) is -1.02. The van der Waals surface area contributed by atoms with E-state index in [4.69, 9.17) is 21.1 Å². The van der Waals surface area contributed by atoms with Gasteiger partial charge in [-0.25, -0.2) is 4.79 Å². The second kappa shape index (κ2) is 13.3. The highest BCUT2D eigenvalue weighted by molar-refractivity contribution is 8.18. The van der Waals surface area contributed by atoms with Crippen molar-refractivity contribution in [3.05, 3.63) is 63.5 Å². The van der Waals surface area contributed by atoms with E-state index in [-0.39, 0.29) is 28.2 Å². The van der Waals surface area contributed by atoms with Crippen molar-refractivity contribution in [1.82, 2.24) is 4.90 Å². The van der Waals surface area contributed by atoms with E-state index in [9.17, 15) is 19.2 Å². The first-order valence-corrected chi connectivity index (χ1v) is 13.2. The van der Waals surface area contributed by atoms with Crippen molar-refractivity contribution in [2.24, 2.45) is 0 Å². The number of hydrogen-bond acceptors (Lipinski definition) is 7. The Balaban J connectivity index is 1.62. The topological polar surface area (TPSA) is 102 Å². The van der Waals surface area contributed by atoms with Crippen LogP contribution in [0.5, 0.6) is 5.75 Å². The summed E-state index contributed by atoms with van der Waals surface area (Å²) in [6.07, 6.45) is 4.18. The van der Waals surface area contributed by atoms with Gasteiger partial charge in [0, 0.05) is 5.69 Å². The molecule has 1 N–H and O–H groups in total. The number of carbonyl (C=O) groups is 4. The fourth-order valence-corrected chi connectivity index (χ4v) is 4.27. The van der Waals surface area contributed by atoms with Gasteiger partial charge in [-0.15, -0.1) is 0 Å². The molecule has 0 saturated carbocycles. The van der Waals surface area contributed by atoms with Crippen LogP contribution < -0.4 is 10.1 Å². The molecule has 0 radical (unpaired) electrons. The minimum atomic E-state index is -0.595. The number of nitrogens with zero attached hydrogens (tertiary/aromatic N) is 1. The number of nitrogens with one attached hydrogen (secondary N) is 1. The molecule has 0 bridgehead atoms. The fraction of sp³-hybridized carbons (Fsp3) is 0.333. The summed E-state index contributed by atoms with van der Waals surface area (Å²) < 4.78 is 10.9. The second-order valence-corrected chi connectivity index (χ2v) is 9.81. The number of carbonyl (C=O) groups excluding carboxylic acids is 4. The molecule has 2 aromatic carbocycles. The first-order chi connectivity index (χ1) is 17.7. The van der Waals surface area contributed by atoms with E-state index < -0.39 is 29.6 Å². The Morgan fingerprint density at radius 3 is 2.54 bits per heavy atom. The molecule has 0 aromatic heterocycles. The van der Waals surface area contributed by atoms with Crippen LogP contribution in [0.15, 0.2) is 47.4 Å². The largest absolute Gasteiger partial charge is 0.491 e. The van der Waals surface area contributed by atoms with Crippen molar-refractivity contribution in [2.75, 3.05) is 18.5 Å². The molecule has 1 aliphatic rings. The van der Waals surface area contributed by atoms with Gasteiger partial charge in [-0.05, 0) is 73.5 Å². The van der Waals surface area contributed by atoms with E-state index in [1.165, 1.54) is 18.2 Å². The van der Waals surface area contributed by atoms with Crippen LogP contribution in [0.4, 0.5) is 10.5 Å². The first kappa shape index (κ1) is 28.3. The smallest absolute Gasteiger partial charge is 0.339 e. The third kappa shape index (κ3) is 7.84. The minimum absolute atomic E-state index is 0.0903. The molecule has 0 spiro atoms. The molecule has 10 heteroatoms. The normalized spacial score (nSPS) is 15.1. The lowest BCUT2D eigenvalue weighted by Gasteiger charge is -2.13. The molecule has 2 aromatic rings. The molecule has 0 aliphatic carbocycles. The second-order valence-electron chi connectivity index (χ2n) is 8.41. The molecule has 1 fully saturated rings. The third-order valence-electron chi connectivity index (χ3n) is 5.47. The number of benzene rings is 2. The number of hydrogen-bond donors (Lipinski definition) is 1. The van der Waals surface area contributed by atoms with Crippen molar-refractivity contribution in [1.29, 1.82) is 0 Å². The lowest BCUT2D eigenvalue weighted by Crippen LogP contribution is -2.36. The molecular weight excluding hydrogens is 516 g/mol. The van der Waals surface area contributed by atoms with E-state index in [0.29, 0.717) is 5.69 Å². The highest BCUT2D eigenvalue weighted by atomic mass is 35.5. The maximum atomic E-state index is 12.8. The van der Waals surface area contributed by atoms with Crippen molar-refractivity contribution >= 4 is 58.1 Å². The predicted octanol–water partition coefficient (Wildman–Crippen LogP) is 6.15. The van der Waals surface area contributed by atoms with E-state index in [2.05, 4.69) is 5.32 Å². The van der Waals surface area contributed by atoms with Crippen LogP contribution in [-0.4, -0.2) is 47.2 Å². The summed E-state index contributed by atoms with van der Waals surface area (Å²) in [4.78, 5) is 51.2. The fourth-order valence-electron chi connectivity index (χ4n) is 3.24. The van der Waals surface area contributed by atoms with Crippen LogP contribution in [0.25, 0.3) is 6.08 Å². The Labute approximate surface area is 225 Å². The van der Waals surface area contributed by atoms with Crippen molar-refractivity contribution in [3.8, 4) is 5.75 Å². The third-order valence-corrected chi connectivity index (χ3v) is 6.70. The van der Waals surface area contributed by atoms with Gasteiger partial charge in [0.2, 0.25) is 5.91 Å². The number of ether oxygens (including phenoxy) is 2. The monoisotopic (exact) mass is 544 g/mol. The molecule has 3 rings (SSSR count). The average Bonchev–Trinajstić information content (AvgIpc) is 3.13. The van der Waals surface area contributed by atoms with Crippen molar-refractivity contribution < 1.29 is 28.7 Å². The predicted molar refractivity (Wildman–Crippen MR) is 145 cm³/mol. The SMILES string of the molecule is CCCCOC(=O)c1cc(NC(=O)CN2C(=O)S/C(=C\c3ccc(O[C@H](C)CC)cc3)C2=O)ccc1Cl. The summed E-state index contributed by atoms with van der Waals surface area (Å²) >= 11 is 6.88. The quantitative estimate of drug-likeness (QED) is 0.205. The minimum Gasteiger partial charge on any atom is -0.491 e. The van der Waals surface area contributed by atoms with E-state index in [1.807, 2.05) is 20.8 Å². The number of imide groups is 1. The number of thioether (sulfide) groups is 1. The molecule has 3 amide bonds. The summed E-state index contributed by atoms with van der Waals surface area (Å²) in [5, 5.41) is 2.24. The number of rotatable bonds is 11. The van der Waals surface area contributed by atoms with Crippen LogP contribution in [-0.2, 0) is 14.3 Å². The van der Waals surface area contributed by atoms with Crippen molar-refractivity contribution in [3.63, 3.8) is 0 Å². The molecule has 196 valence electrons. The summed E-state index contributed by atoms with van der Waals surface area (Å²) in [7, 11) is 0. The lowest BCUT2D eigenvalue weighted by molar-refractivity contribution is -0.127. The number of esters is 1. The molecule has 1 atom stereocenters. The molecule has 1 aliphatic heterocycles. The van der Waals surface area contributed by atoms with Gasteiger partial charge in [0.25, 0.3) is 11.1 Å². The zero-order valence-electron chi connectivity index (χ0n) is 20.9. The van der Waals surface area contributed by atoms with Gasteiger partial charge in [-0.1, -0.05) is 44.0 Å². The van der Waals surface area contributed by atoms with Gasteiger partial charge in [0.05, 0.1) is 28.2 Å². The Morgan fingerprint density at radius 1 is 1.14 bits per heavy atom. The van der Waals surface area contributed by atoms with Gasteiger partial charge in [-0.3, -0.25) is 19.3 Å². The zero-order chi connectivity index (χ0) is 26.9. The van der Waals surface area contributed by atoms with Crippen LogP contribution in [0, 0.1) is 0 Å². The van der Waals surface area contributed by atoms with Crippen LogP contribution in [0.3, 0.4) is 0 Å². The Morgan fingerprint density at radius 2 is 1.86 bits per heavy atom. The maximum absolute atomic E-state index is 12.8. The summed E-state index contributed by atoms with van der Waals surface area (Å²) in [6.45, 7) is 5.79. The van der Waals surface area contributed by atoms with Gasteiger partial charge >= 0.3 is 5.97 Å². The van der Waals surface area contributed by atoms with Gasteiger partial charge < -0.3 is 14.8 Å². The Kier molecular flexibility index (Phi) is 10.2. The molecular formula is C27H29ClN2O6S. The number of halogens is 1. The summed E-state index contributed by atoms with van der Waals surface area (Å²) in [6, 6.07) is 11.6. The Bertz CT molecular complexity index is 1200.